The summed E-state index contributed by atoms with van der Waals surface area (Å²) >= 11 is 11.7. The maximum Gasteiger partial charge on any atom is 0.271 e. The molecule has 1 N–H and O–H groups in total. The first-order valence-electron chi connectivity index (χ1n) is 7.07. The Morgan fingerprint density at radius 3 is 2.58 bits per heavy atom. The number of anilines is 1. The molecule has 0 aliphatic rings. The standard InChI is InChI=1S/C15H13Cl2N3O5S/c1-19(26(24,25)14-7-10(16)5-6-13(14)17)9-15(21)18-11-3-2-4-12(8-11)20(22)23/h2-8H,9H2,1H3,(H,18,21). The minimum atomic E-state index is -4.05. The number of nitro groups is 1. The highest BCUT2D eigenvalue weighted by Crippen LogP contribution is 2.27. The molecule has 0 aromatic heterocycles. The summed E-state index contributed by atoms with van der Waals surface area (Å²) in [6.45, 7) is -0.520. The lowest BCUT2D eigenvalue weighted by Gasteiger charge is -2.18. The number of nitrogens with zero attached hydrogens (tertiary/aromatic N) is 2. The number of halogens is 2. The van der Waals surface area contributed by atoms with E-state index in [0.717, 1.165) is 4.31 Å². The molecule has 0 aliphatic carbocycles. The van der Waals surface area contributed by atoms with Gasteiger partial charge in [-0.3, -0.25) is 14.9 Å². The van der Waals surface area contributed by atoms with E-state index in [2.05, 4.69) is 5.32 Å². The Balaban J connectivity index is 2.14. The third kappa shape index (κ3) is 4.70. The topological polar surface area (TPSA) is 110 Å². The molecule has 0 unspecified atom stereocenters. The Morgan fingerprint density at radius 2 is 1.92 bits per heavy atom. The number of rotatable bonds is 6. The van der Waals surface area contributed by atoms with Gasteiger partial charge in [0.2, 0.25) is 15.9 Å². The summed E-state index contributed by atoms with van der Waals surface area (Å²) in [6, 6.07) is 9.26. The molecule has 26 heavy (non-hydrogen) atoms. The Hall–Kier alpha value is -2.20. The molecule has 0 saturated heterocycles. The van der Waals surface area contributed by atoms with Crippen LogP contribution in [0.2, 0.25) is 10.0 Å². The number of sulfonamides is 1. The molecular formula is C15H13Cl2N3O5S. The normalized spacial score (nSPS) is 11.4. The molecule has 11 heteroatoms. The molecule has 2 aromatic carbocycles. The van der Waals surface area contributed by atoms with Crippen molar-refractivity contribution in [2.45, 2.75) is 4.90 Å². The third-order valence-corrected chi connectivity index (χ3v) is 5.81. The molecule has 0 spiro atoms. The van der Waals surface area contributed by atoms with E-state index in [4.69, 9.17) is 23.2 Å². The van der Waals surface area contributed by atoms with Crippen molar-refractivity contribution in [3.8, 4) is 0 Å². The molecular weight excluding hydrogens is 405 g/mol. The largest absolute Gasteiger partial charge is 0.325 e. The average Bonchev–Trinajstić information content (AvgIpc) is 2.56. The van der Waals surface area contributed by atoms with Crippen molar-refractivity contribution in [2.75, 3.05) is 18.9 Å². The molecule has 138 valence electrons. The van der Waals surface area contributed by atoms with Gasteiger partial charge in [-0.2, -0.15) is 4.31 Å². The fourth-order valence-corrected chi connectivity index (χ4v) is 3.89. The lowest BCUT2D eigenvalue weighted by atomic mass is 10.3. The Bertz CT molecular complexity index is 966. The highest BCUT2D eigenvalue weighted by atomic mass is 35.5. The highest BCUT2D eigenvalue weighted by Gasteiger charge is 2.26. The van der Waals surface area contributed by atoms with E-state index in [1.165, 1.54) is 49.5 Å². The number of carbonyl (C=O) groups excluding carboxylic acids is 1. The van der Waals surface area contributed by atoms with Crippen molar-refractivity contribution < 1.29 is 18.1 Å². The van der Waals surface area contributed by atoms with Crippen molar-refractivity contribution in [1.29, 1.82) is 0 Å². The van der Waals surface area contributed by atoms with Gasteiger partial charge in [0, 0.05) is 29.9 Å². The summed E-state index contributed by atoms with van der Waals surface area (Å²) in [7, 11) is -2.85. The van der Waals surface area contributed by atoms with Crippen LogP contribution < -0.4 is 5.32 Å². The predicted octanol–water partition coefficient (Wildman–Crippen LogP) is 3.16. The molecule has 0 bridgehead atoms. The van der Waals surface area contributed by atoms with Crippen LogP contribution in [0.4, 0.5) is 11.4 Å². The second-order valence-corrected chi connectivity index (χ2v) is 8.05. The minimum Gasteiger partial charge on any atom is -0.325 e. The predicted molar refractivity (Wildman–Crippen MR) is 98.0 cm³/mol. The summed E-state index contributed by atoms with van der Waals surface area (Å²) in [5.74, 6) is -0.672. The summed E-state index contributed by atoms with van der Waals surface area (Å²) in [5.41, 5.74) is -0.0229. The van der Waals surface area contributed by atoms with Crippen LogP contribution in [0.1, 0.15) is 0 Å². The van der Waals surface area contributed by atoms with Gasteiger partial charge in [0.15, 0.2) is 0 Å². The van der Waals surface area contributed by atoms with Crippen molar-refractivity contribution in [1.82, 2.24) is 4.31 Å². The number of nitro benzene ring substituents is 1. The maximum atomic E-state index is 12.6. The van der Waals surface area contributed by atoms with Gasteiger partial charge in [-0.15, -0.1) is 0 Å². The van der Waals surface area contributed by atoms with Crippen LogP contribution in [0.3, 0.4) is 0 Å². The number of likely N-dealkylation sites (N-methyl/N-ethyl adjacent to an activating group) is 1. The molecule has 2 rings (SSSR count). The minimum absolute atomic E-state index is 0.0275. The maximum absolute atomic E-state index is 12.6. The molecule has 0 atom stereocenters. The van der Waals surface area contributed by atoms with E-state index >= 15 is 0 Å². The first-order valence-corrected chi connectivity index (χ1v) is 9.26. The molecule has 0 saturated carbocycles. The van der Waals surface area contributed by atoms with E-state index in [9.17, 15) is 23.3 Å². The fourth-order valence-electron chi connectivity index (χ4n) is 2.03. The molecule has 0 radical (unpaired) electrons. The average molecular weight is 418 g/mol. The van der Waals surface area contributed by atoms with Gasteiger partial charge in [-0.05, 0) is 24.3 Å². The van der Waals surface area contributed by atoms with Crippen LogP contribution in [0.5, 0.6) is 0 Å². The van der Waals surface area contributed by atoms with E-state index in [1.54, 1.807) is 0 Å². The quantitative estimate of drug-likeness (QED) is 0.573. The lowest BCUT2D eigenvalue weighted by Crippen LogP contribution is -2.35. The van der Waals surface area contributed by atoms with Crippen molar-refractivity contribution in [3.63, 3.8) is 0 Å². The Kier molecular flexibility index (Phi) is 6.19. The molecule has 8 nitrogen and oxygen atoms in total. The van der Waals surface area contributed by atoms with Gasteiger partial charge in [0.05, 0.1) is 16.5 Å². The monoisotopic (exact) mass is 417 g/mol. The molecule has 1 amide bonds. The zero-order valence-electron chi connectivity index (χ0n) is 13.3. The van der Waals surface area contributed by atoms with Gasteiger partial charge in [0.1, 0.15) is 4.90 Å². The summed E-state index contributed by atoms with van der Waals surface area (Å²) < 4.78 is 25.9. The number of hydrogen-bond acceptors (Lipinski definition) is 5. The zero-order chi connectivity index (χ0) is 19.5. The van der Waals surface area contributed by atoms with Crippen LogP contribution in [-0.4, -0.2) is 37.1 Å². The van der Waals surface area contributed by atoms with Crippen LogP contribution in [0, 0.1) is 10.1 Å². The number of amides is 1. The van der Waals surface area contributed by atoms with Gasteiger partial charge in [-0.1, -0.05) is 29.3 Å². The van der Waals surface area contributed by atoms with Crippen molar-refractivity contribution >= 4 is 50.5 Å². The van der Waals surface area contributed by atoms with Gasteiger partial charge in [0.25, 0.3) is 5.69 Å². The Labute approximate surface area is 159 Å². The van der Waals surface area contributed by atoms with Crippen LogP contribution in [0.15, 0.2) is 47.4 Å². The van der Waals surface area contributed by atoms with E-state index in [1.807, 2.05) is 0 Å². The fraction of sp³-hybridized carbons (Fsp3) is 0.133. The van der Waals surface area contributed by atoms with Gasteiger partial charge >= 0.3 is 0 Å². The first kappa shape index (κ1) is 20.1. The smallest absolute Gasteiger partial charge is 0.271 e. The first-order chi connectivity index (χ1) is 12.1. The number of carbonyl (C=O) groups is 1. The number of hydrogen-bond donors (Lipinski definition) is 1. The summed E-state index contributed by atoms with van der Waals surface area (Å²) in [4.78, 5) is 22.0. The Morgan fingerprint density at radius 1 is 1.23 bits per heavy atom. The van der Waals surface area contributed by atoms with E-state index in [-0.39, 0.29) is 26.3 Å². The highest BCUT2D eigenvalue weighted by molar-refractivity contribution is 7.89. The van der Waals surface area contributed by atoms with Crippen molar-refractivity contribution in [2.24, 2.45) is 0 Å². The zero-order valence-corrected chi connectivity index (χ0v) is 15.7. The number of benzene rings is 2. The van der Waals surface area contributed by atoms with Crippen LogP contribution in [-0.2, 0) is 14.8 Å². The lowest BCUT2D eigenvalue weighted by molar-refractivity contribution is -0.384. The van der Waals surface area contributed by atoms with E-state index < -0.39 is 27.4 Å². The van der Waals surface area contributed by atoms with Crippen LogP contribution >= 0.6 is 23.2 Å². The third-order valence-electron chi connectivity index (χ3n) is 3.29. The molecule has 0 aliphatic heterocycles. The SMILES string of the molecule is CN(CC(=O)Nc1cccc([N+](=O)[O-])c1)S(=O)(=O)c1cc(Cl)ccc1Cl. The van der Waals surface area contributed by atoms with E-state index in [0.29, 0.717) is 0 Å². The number of non-ortho nitro benzene ring substituents is 1. The molecule has 0 heterocycles. The second-order valence-electron chi connectivity index (χ2n) is 5.19. The summed E-state index contributed by atoms with van der Waals surface area (Å²) in [5, 5.41) is 13.3. The number of nitrogens with one attached hydrogen (secondary N) is 1. The second kappa shape index (κ2) is 8.00. The van der Waals surface area contributed by atoms with Gasteiger partial charge in [-0.25, -0.2) is 8.42 Å². The van der Waals surface area contributed by atoms with Gasteiger partial charge < -0.3 is 5.32 Å². The van der Waals surface area contributed by atoms with Crippen LogP contribution in [0.25, 0.3) is 0 Å². The summed E-state index contributed by atoms with van der Waals surface area (Å²) in [6.07, 6.45) is 0. The molecule has 0 fully saturated rings. The molecule has 2 aromatic rings. The van der Waals surface area contributed by atoms with Crippen molar-refractivity contribution in [3.05, 3.63) is 62.6 Å².